The summed E-state index contributed by atoms with van der Waals surface area (Å²) in [4.78, 5) is 12.7. The van der Waals surface area contributed by atoms with Gasteiger partial charge in [0.15, 0.2) is 0 Å². The van der Waals surface area contributed by atoms with Gasteiger partial charge in [-0.15, -0.1) is 0 Å². The van der Waals surface area contributed by atoms with E-state index in [1.807, 2.05) is 0 Å². The molecule has 9 nitrogen and oxygen atoms in total. The maximum atomic E-state index is 12.7. The van der Waals surface area contributed by atoms with Gasteiger partial charge in [-0.05, 0) is 61.7 Å². The van der Waals surface area contributed by atoms with Crippen LogP contribution in [-0.4, -0.2) is 58.5 Å². The molecule has 12 heteroatoms. The highest BCUT2D eigenvalue weighted by Gasteiger charge is 2.33. The van der Waals surface area contributed by atoms with Crippen molar-refractivity contribution in [2.24, 2.45) is 5.92 Å². The summed E-state index contributed by atoms with van der Waals surface area (Å²) in [6.45, 7) is 2.19. The minimum atomic E-state index is -3.85. The average Bonchev–Trinajstić information content (AvgIpc) is 2.77. The molecule has 1 saturated heterocycles. The summed E-state index contributed by atoms with van der Waals surface area (Å²) < 4.78 is 55.1. The molecule has 1 aliphatic rings. The second-order valence-corrected chi connectivity index (χ2v) is 12.3. The first-order valence-corrected chi connectivity index (χ1v) is 13.5. The van der Waals surface area contributed by atoms with Crippen molar-refractivity contribution in [1.82, 2.24) is 8.61 Å². The van der Waals surface area contributed by atoms with E-state index in [0.717, 1.165) is 4.31 Å². The van der Waals surface area contributed by atoms with Gasteiger partial charge in [0.2, 0.25) is 5.91 Å². The third-order valence-electron chi connectivity index (χ3n) is 5.49. The van der Waals surface area contributed by atoms with E-state index in [0.29, 0.717) is 41.3 Å². The van der Waals surface area contributed by atoms with Crippen molar-refractivity contribution in [3.63, 3.8) is 0 Å². The van der Waals surface area contributed by atoms with E-state index in [-0.39, 0.29) is 17.3 Å². The van der Waals surface area contributed by atoms with E-state index in [1.54, 1.807) is 25.1 Å². The van der Waals surface area contributed by atoms with Crippen LogP contribution in [0.1, 0.15) is 18.4 Å². The van der Waals surface area contributed by atoms with E-state index in [1.165, 1.54) is 42.7 Å². The van der Waals surface area contributed by atoms with Gasteiger partial charge in [-0.3, -0.25) is 9.52 Å². The average molecular weight is 515 g/mol. The van der Waals surface area contributed by atoms with Crippen molar-refractivity contribution in [3.05, 3.63) is 53.1 Å². The summed E-state index contributed by atoms with van der Waals surface area (Å²) in [5.41, 5.74) is 1.42. The predicted molar refractivity (Wildman–Crippen MR) is 129 cm³/mol. The molecule has 33 heavy (non-hydrogen) atoms. The zero-order chi connectivity index (χ0) is 24.4. The molecular weight excluding hydrogens is 488 g/mol. The molecule has 0 spiro atoms. The molecule has 1 atom stereocenters. The van der Waals surface area contributed by atoms with Gasteiger partial charge in [-0.2, -0.15) is 17.0 Å². The molecule has 0 radical (unpaired) electrons. The van der Waals surface area contributed by atoms with Gasteiger partial charge >= 0.3 is 0 Å². The van der Waals surface area contributed by atoms with Crippen LogP contribution in [0.2, 0.25) is 5.02 Å². The lowest BCUT2D eigenvalue weighted by atomic mass is 9.99. The van der Waals surface area contributed by atoms with E-state index >= 15 is 0 Å². The summed E-state index contributed by atoms with van der Waals surface area (Å²) in [6.07, 6.45) is 1.15. The van der Waals surface area contributed by atoms with Crippen LogP contribution < -0.4 is 10.0 Å². The van der Waals surface area contributed by atoms with Crippen LogP contribution in [0, 0.1) is 12.8 Å². The Labute approximate surface area is 200 Å². The number of sulfonamides is 1. The second kappa shape index (κ2) is 9.98. The summed E-state index contributed by atoms with van der Waals surface area (Å²) in [5, 5.41) is 3.20. The number of anilines is 2. The molecule has 180 valence electrons. The van der Waals surface area contributed by atoms with E-state index in [9.17, 15) is 21.6 Å². The number of nitrogens with one attached hydrogen (secondary N) is 2. The van der Waals surface area contributed by atoms with Crippen LogP contribution in [0.25, 0.3) is 0 Å². The quantitative estimate of drug-likeness (QED) is 0.589. The van der Waals surface area contributed by atoms with Gasteiger partial charge in [0.05, 0.1) is 16.5 Å². The predicted octanol–water partition coefficient (Wildman–Crippen LogP) is 2.91. The Balaban J connectivity index is 1.67. The minimum absolute atomic E-state index is 0.0285. The lowest BCUT2D eigenvalue weighted by Gasteiger charge is -2.32. The Morgan fingerprint density at radius 3 is 2.39 bits per heavy atom. The highest BCUT2D eigenvalue weighted by Crippen LogP contribution is 2.26. The first-order valence-electron chi connectivity index (χ1n) is 10.3. The Kier molecular flexibility index (Phi) is 7.69. The van der Waals surface area contributed by atoms with Crippen molar-refractivity contribution in [2.45, 2.75) is 24.7 Å². The van der Waals surface area contributed by atoms with Gasteiger partial charge in [-0.25, -0.2) is 8.42 Å². The molecule has 0 aliphatic carbocycles. The molecule has 0 aromatic heterocycles. The molecule has 2 N–H and O–H groups in total. The van der Waals surface area contributed by atoms with Crippen LogP contribution in [0.3, 0.4) is 0 Å². The highest BCUT2D eigenvalue weighted by atomic mass is 35.5. The number of rotatable bonds is 7. The minimum Gasteiger partial charge on any atom is -0.326 e. The number of amides is 1. The maximum Gasteiger partial charge on any atom is 0.281 e. The number of benzene rings is 2. The van der Waals surface area contributed by atoms with Gasteiger partial charge < -0.3 is 5.32 Å². The number of nitrogens with zero attached hydrogens (tertiary/aromatic N) is 2. The number of hydrogen-bond donors (Lipinski definition) is 2. The third kappa shape index (κ3) is 5.85. The molecule has 1 fully saturated rings. The molecule has 0 saturated carbocycles. The Bertz CT molecular complexity index is 1230. The SMILES string of the molecule is Cc1c(Cl)cccc1NS(=O)(=O)c1ccc(NC(=O)C2CCCN(S(=O)(=O)N(C)C)C2)cc1. The summed E-state index contributed by atoms with van der Waals surface area (Å²) in [6, 6.07) is 10.7. The van der Waals surface area contributed by atoms with Crippen LogP contribution >= 0.6 is 11.6 Å². The van der Waals surface area contributed by atoms with E-state index in [4.69, 9.17) is 11.6 Å². The summed E-state index contributed by atoms with van der Waals surface area (Å²) in [7, 11) is -4.53. The lowest BCUT2D eigenvalue weighted by Crippen LogP contribution is -2.47. The molecule has 1 amide bonds. The van der Waals surface area contributed by atoms with Crippen molar-refractivity contribution >= 4 is 49.1 Å². The maximum absolute atomic E-state index is 12.7. The van der Waals surface area contributed by atoms with E-state index in [2.05, 4.69) is 10.0 Å². The van der Waals surface area contributed by atoms with Crippen LogP contribution in [0.4, 0.5) is 11.4 Å². The van der Waals surface area contributed by atoms with Gasteiger partial charge in [0.25, 0.3) is 20.2 Å². The molecule has 2 aromatic carbocycles. The Hall–Kier alpha value is -2.18. The first kappa shape index (κ1) is 25.4. The van der Waals surface area contributed by atoms with Crippen LogP contribution in [0.15, 0.2) is 47.4 Å². The standard InChI is InChI=1S/C21H27ClN4O5S2/c1-15-19(22)7-4-8-20(15)24-32(28,29)18-11-9-17(10-12-18)23-21(27)16-6-5-13-26(14-16)33(30,31)25(2)3/h4,7-12,16,24H,5-6,13-14H2,1-3H3,(H,23,27). The largest absolute Gasteiger partial charge is 0.326 e. The molecule has 2 aromatic rings. The fourth-order valence-corrected chi connectivity index (χ4v) is 5.97. The van der Waals surface area contributed by atoms with Crippen molar-refractivity contribution in [3.8, 4) is 0 Å². The van der Waals surface area contributed by atoms with Crippen LogP contribution in [0.5, 0.6) is 0 Å². The molecule has 1 aliphatic heterocycles. The Morgan fingerprint density at radius 1 is 1.09 bits per heavy atom. The number of halogens is 1. The lowest BCUT2D eigenvalue weighted by molar-refractivity contribution is -0.120. The highest BCUT2D eigenvalue weighted by molar-refractivity contribution is 7.92. The number of hydrogen-bond acceptors (Lipinski definition) is 5. The summed E-state index contributed by atoms with van der Waals surface area (Å²) >= 11 is 6.06. The van der Waals surface area contributed by atoms with Gasteiger partial charge in [0.1, 0.15) is 0 Å². The fourth-order valence-electron chi connectivity index (χ4n) is 3.48. The molecule has 1 heterocycles. The zero-order valence-corrected chi connectivity index (χ0v) is 21.0. The second-order valence-electron chi connectivity index (χ2n) is 8.02. The molecule has 1 unspecified atom stereocenters. The normalized spacial score (nSPS) is 17.7. The number of carbonyl (C=O) groups is 1. The van der Waals surface area contributed by atoms with Crippen molar-refractivity contribution in [1.29, 1.82) is 0 Å². The summed E-state index contributed by atoms with van der Waals surface area (Å²) in [5.74, 6) is -0.804. The molecule has 0 bridgehead atoms. The molecule has 3 rings (SSSR count). The smallest absolute Gasteiger partial charge is 0.281 e. The van der Waals surface area contributed by atoms with Gasteiger partial charge in [-0.1, -0.05) is 17.7 Å². The Morgan fingerprint density at radius 2 is 1.76 bits per heavy atom. The number of carbonyl (C=O) groups excluding carboxylic acids is 1. The van der Waals surface area contributed by atoms with E-state index < -0.39 is 26.2 Å². The van der Waals surface area contributed by atoms with Gasteiger partial charge in [0, 0.05) is 37.9 Å². The monoisotopic (exact) mass is 514 g/mol. The topological polar surface area (TPSA) is 116 Å². The molecular formula is C21H27ClN4O5S2. The van der Waals surface area contributed by atoms with Crippen molar-refractivity contribution in [2.75, 3.05) is 37.2 Å². The van der Waals surface area contributed by atoms with Crippen molar-refractivity contribution < 1.29 is 21.6 Å². The third-order valence-corrected chi connectivity index (χ3v) is 9.18. The van der Waals surface area contributed by atoms with Crippen LogP contribution in [-0.2, 0) is 25.0 Å². The fraction of sp³-hybridized carbons (Fsp3) is 0.381. The first-order chi connectivity index (χ1) is 15.4. The number of piperidine rings is 1. The zero-order valence-electron chi connectivity index (χ0n) is 18.6.